The number of aliphatic imine (C=N–C) groups is 1. The fourth-order valence-corrected chi connectivity index (χ4v) is 2.61. The van der Waals surface area contributed by atoms with E-state index in [9.17, 15) is 19.2 Å². The quantitative estimate of drug-likeness (QED) is 0.317. The third-order valence-corrected chi connectivity index (χ3v) is 3.89. The SMILES string of the molecule is CC(=O)OC(=O)/C=C/c1ccc(/C=C2\N=C(c3ccccc3OC(C)=O)OC2=O)cc1. The minimum Gasteiger partial charge on any atom is -0.426 e. The standard InChI is InChI=1S/C23H17NO7/c1-14(25)29-20-6-4-3-5-18(20)22-24-19(23(28)31-22)13-17-9-7-16(8-10-17)11-12-21(27)30-15(2)26/h3-13H,1-2H3/b12-11+,19-13-. The zero-order valence-corrected chi connectivity index (χ0v) is 16.7. The highest BCUT2D eigenvalue weighted by Crippen LogP contribution is 2.25. The Morgan fingerprint density at radius 2 is 1.61 bits per heavy atom. The fourth-order valence-electron chi connectivity index (χ4n) is 2.61. The number of nitrogens with zero attached hydrogens (tertiary/aromatic N) is 1. The van der Waals surface area contributed by atoms with Gasteiger partial charge in [0.15, 0.2) is 5.70 Å². The molecule has 0 aliphatic carbocycles. The van der Waals surface area contributed by atoms with E-state index in [0.29, 0.717) is 16.7 Å². The Morgan fingerprint density at radius 3 is 2.29 bits per heavy atom. The average molecular weight is 419 g/mol. The molecule has 8 nitrogen and oxygen atoms in total. The lowest BCUT2D eigenvalue weighted by atomic mass is 10.1. The molecule has 0 atom stereocenters. The first-order valence-corrected chi connectivity index (χ1v) is 9.13. The van der Waals surface area contributed by atoms with Crippen molar-refractivity contribution in [3.63, 3.8) is 0 Å². The van der Waals surface area contributed by atoms with Gasteiger partial charge in [0, 0.05) is 19.9 Å². The highest BCUT2D eigenvalue weighted by molar-refractivity contribution is 6.14. The Hall–Kier alpha value is -4.33. The third-order valence-electron chi connectivity index (χ3n) is 3.89. The topological polar surface area (TPSA) is 108 Å². The molecule has 8 heteroatoms. The molecule has 0 saturated heterocycles. The normalized spacial score (nSPS) is 14.3. The molecular formula is C23H17NO7. The van der Waals surface area contributed by atoms with Gasteiger partial charge in [0.1, 0.15) is 5.75 Å². The molecule has 0 unspecified atom stereocenters. The number of benzene rings is 2. The Morgan fingerprint density at radius 1 is 0.935 bits per heavy atom. The molecule has 156 valence electrons. The number of carbonyl (C=O) groups is 4. The second-order valence-corrected chi connectivity index (χ2v) is 6.34. The summed E-state index contributed by atoms with van der Waals surface area (Å²) in [4.78, 5) is 49.8. The van der Waals surface area contributed by atoms with Gasteiger partial charge < -0.3 is 14.2 Å². The molecule has 3 rings (SSSR count). The summed E-state index contributed by atoms with van der Waals surface area (Å²) in [5.74, 6) is -2.31. The summed E-state index contributed by atoms with van der Waals surface area (Å²) >= 11 is 0. The van der Waals surface area contributed by atoms with Crippen LogP contribution in [-0.2, 0) is 28.7 Å². The highest BCUT2D eigenvalue weighted by Gasteiger charge is 2.26. The van der Waals surface area contributed by atoms with Gasteiger partial charge in [-0.05, 0) is 35.4 Å². The van der Waals surface area contributed by atoms with Crippen molar-refractivity contribution in [1.29, 1.82) is 0 Å². The van der Waals surface area contributed by atoms with E-state index in [2.05, 4.69) is 9.73 Å². The van der Waals surface area contributed by atoms with Crippen LogP contribution in [0.3, 0.4) is 0 Å². The maximum absolute atomic E-state index is 12.2. The lowest BCUT2D eigenvalue weighted by Gasteiger charge is -2.06. The molecule has 1 aliphatic heterocycles. The van der Waals surface area contributed by atoms with E-state index in [-0.39, 0.29) is 17.3 Å². The van der Waals surface area contributed by atoms with Crippen molar-refractivity contribution in [2.75, 3.05) is 0 Å². The number of ether oxygens (including phenoxy) is 3. The predicted molar refractivity (Wildman–Crippen MR) is 111 cm³/mol. The summed E-state index contributed by atoms with van der Waals surface area (Å²) in [5, 5.41) is 0. The van der Waals surface area contributed by atoms with Gasteiger partial charge in [0.05, 0.1) is 5.56 Å². The van der Waals surface area contributed by atoms with E-state index >= 15 is 0 Å². The number of hydrogen-bond acceptors (Lipinski definition) is 8. The predicted octanol–water partition coefficient (Wildman–Crippen LogP) is 3.06. The molecule has 0 bridgehead atoms. The van der Waals surface area contributed by atoms with Crippen molar-refractivity contribution < 1.29 is 33.4 Å². The van der Waals surface area contributed by atoms with Gasteiger partial charge in [-0.15, -0.1) is 0 Å². The third kappa shape index (κ3) is 5.83. The highest BCUT2D eigenvalue weighted by atomic mass is 16.6. The van der Waals surface area contributed by atoms with Crippen LogP contribution in [0.15, 0.2) is 65.3 Å². The number of esters is 4. The molecule has 0 N–H and O–H groups in total. The second kappa shape index (κ2) is 9.45. The van der Waals surface area contributed by atoms with Crippen LogP contribution in [0.5, 0.6) is 5.75 Å². The van der Waals surface area contributed by atoms with Crippen molar-refractivity contribution in [3.8, 4) is 5.75 Å². The van der Waals surface area contributed by atoms with Crippen LogP contribution in [0.2, 0.25) is 0 Å². The maximum atomic E-state index is 12.2. The largest absolute Gasteiger partial charge is 0.426 e. The molecule has 0 spiro atoms. The molecule has 1 aliphatic rings. The van der Waals surface area contributed by atoms with Crippen LogP contribution in [0, 0.1) is 0 Å². The summed E-state index contributed by atoms with van der Waals surface area (Å²) < 4.78 is 14.8. The van der Waals surface area contributed by atoms with Crippen LogP contribution >= 0.6 is 0 Å². The number of para-hydroxylation sites is 1. The zero-order valence-electron chi connectivity index (χ0n) is 16.7. The maximum Gasteiger partial charge on any atom is 0.363 e. The van der Waals surface area contributed by atoms with Gasteiger partial charge in [0.25, 0.3) is 0 Å². The second-order valence-electron chi connectivity index (χ2n) is 6.34. The fraction of sp³-hybridized carbons (Fsp3) is 0.0870. The van der Waals surface area contributed by atoms with Crippen molar-refractivity contribution in [2.24, 2.45) is 4.99 Å². The van der Waals surface area contributed by atoms with Gasteiger partial charge in [-0.3, -0.25) is 9.59 Å². The van der Waals surface area contributed by atoms with E-state index in [0.717, 1.165) is 13.0 Å². The minimum atomic E-state index is -0.761. The molecule has 31 heavy (non-hydrogen) atoms. The van der Waals surface area contributed by atoms with Crippen LogP contribution in [0.25, 0.3) is 12.2 Å². The van der Waals surface area contributed by atoms with E-state index in [1.165, 1.54) is 13.0 Å². The van der Waals surface area contributed by atoms with E-state index in [1.807, 2.05) is 0 Å². The number of carbonyl (C=O) groups excluding carboxylic acids is 4. The Balaban J connectivity index is 1.78. The first-order chi connectivity index (χ1) is 14.8. The summed E-state index contributed by atoms with van der Waals surface area (Å²) in [6.07, 6.45) is 4.18. The van der Waals surface area contributed by atoms with Gasteiger partial charge in [-0.1, -0.05) is 36.4 Å². The van der Waals surface area contributed by atoms with E-state index in [4.69, 9.17) is 9.47 Å². The summed E-state index contributed by atoms with van der Waals surface area (Å²) in [7, 11) is 0. The van der Waals surface area contributed by atoms with Crippen LogP contribution in [-0.4, -0.2) is 29.8 Å². The van der Waals surface area contributed by atoms with E-state index < -0.39 is 23.9 Å². The summed E-state index contributed by atoms with van der Waals surface area (Å²) in [6, 6.07) is 13.5. The smallest absolute Gasteiger partial charge is 0.363 e. The van der Waals surface area contributed by atoms with Gasteiger partial charge in [0.2, 0.25) is 5.90 Å². The molecule has 0 aromatic heterocycles. The Bertz CT molecular complexity index is 1140. The van der Waals surface area contributed by atoms with Crippen molar-refractivity contribution in [3.05, 3.63) is 77.0 Å². The lowest BCUT2D eigenvalue weighted by Crippen LogP contribution is -2.10. The molecule has 2 aromatic carbocycles. The number of rotatable bonds is 5. The Kier molecular flexibility index (Phi) is 6.51. The minimum absolute atomic E-state index is 0.0386. The van der Waals surface area contributed by atoms with Gasteiger partial charge >= 0.3 is 23.9 Å². The Labute approximate surface area is 177 Å². The van der Waals surface area contributed by atoms with Crippen molar-refractivity contribution >= 4 is 41.9 Å². The lowest BCUT2D eigenvalue weighted by molar-refractivity contribution is -0.154. The van der Waals surface area contributed by atoms with Crippen LogP contribution in [0.4, 0.5) is 0 Å². The van der Waals surface area contributed by atoms with Gasteiger partial charge in [-0.25, -0.2) is 14.6 Å². The summed E-state index contributed by atoms with van der Waals surface area (Å²) in [6.45, 7) is 2.42. The molecule has 0 fully saturated rings. The molecule has 0 saturated carbocycles. The van der Waals surface area contributed by atoms with Crippen LogP contribution < -0.4 is 4.74 Å². The average Bonchev–Trinajstić information content (AvgIpc) is 3.07. The van der Waals surface area contributed by atoms with E-state index in [1.54, 1.807) is 54.6 Å². The summed E-state index contributed by atoms with van der Waals surface area (Å²) in [5.41, 5.74) is 1.83. The first-order valence-electron chi connectivity index (χ1n) is 9.13. The number of hydrogen-bond donors (Lipinski definition) is 0. The van der Waals surface area contributed by atoms with Crippen molar-refractivity contribution in [1.82, 2.24) is 0 Å². The van der Waals surface area contributed by atoms with Gasteiger partial charge in [-0.2, -0.15) is 0 Å². The molecule has 0 radical (unpaired) electrons. The van der Waals surface area contributed by atoms with Crippen molar-refractivity contribution in [2.45, 2.75) is 13.8 Å². The molecule has 1 heterocycles. The van der Waals surface area contributed by atoms with Crippen LogP contribution in [0.1, 0.15) is 30.5 Å². The zero-order chi connectivity index (χ0) is 22.4. The molecule has 2 aromatic rings. The molecular weight excluding hydrogens is 402 g/mol. The number of cyclic esters (lactones) is 1. The monoisotopic (exact) mass is 419 g/mol. The first kappa shape index (κ1) is 21.4. The molecule has 0 amide bonds.